The highest BCUT2D eigenvalue weighted by Crippen LogP contribution is 2.04. The van der Waals surface area contributed by atoms with Gasteiger partial charge in [-0.3, -0.25) is 38.4 Å². The van der Waals surface area contributed by atoms with Crippen LogP contribution in [0.25, 0.3) is 0 Å². The number of hydrogen-bond acceptors (Lipinski definition) is 29. The Balaban J connectivity index is -0.000000302. The first-order valence-electron chi connectivity index (χ1n) is 40.3. The van der Waals surface area contributed by atoms with Crippen molar-refractivity contribution >= 4 is 58.3 Å². The molecule has 0 aliphatic rings. The molecule has 0 heterocycles. The van der Waals surface area contributed by atoms with Crippen molar-refractivity contribution in [1.29, 1.82) is 0 Å². The SMILES string of the molecule is CCCCCOCCOCCOCCCCC(=O)CCC(C)=O.CCCCCOCCOCCOCCCCC(=O)COCC(C)=O.CCCCOCCOCCC(C)=O.CCCCOCCOCCNC(=O)COCC(C)=O.CCCCOCCOCCNC(=O)COCC(C)=O.CNCCOCCOCC(=O)OC. The van der Waals surface area contributed by atoms with E-state index in [2.05, 4.69) is 55.3 Å². The molecule has 0 bridgehead atoms. The summed E-state index contributed by atoms with van der Waals surface area (Å²) >= 11 is 0. The summed E-state index contributed by atoms with van der Waals surface area (Å²) in [5.41, 5.74) is 0. The third-order valence-electron chi connectivity index (χ3n) is 13.8. The van der Waals surface area contributed by atoms with Crippen LogP contribution >= 0.6 is 0 Å². The van der Waals surface area contributed by atoms with E-state index in [-0.39, 0.29) is 105 Å². The molecule has 111 heavy (non-hydrogen) atoms. The molecule has 2 amide bonds. The van der Waals surface area contributed by atoms with Gasteiger partial charge in [0, 0.05) is 98.0 Å². The maximum absolute atomic E-state index is 11.4. The maximum Gasteiger partial charge on any atom is 0.331 e. The monoisotopic (exact) mass is 1610 g/mol. The number of hydrogen-bond donors (Lipinski definition) is 3. The Hall–Kier alpha value is -4.62. The van der Waals surface area contributed by atoms with Crippen molar-refractivity contribution in [1.82, 2.24) is 16.0 Å². The van der Waals surface area contributed by atoms with Crippen LogP contribution in [-0.4, -0.2) is 317 Å². The average Bonchev–Trinajstić information content (AvgIpc) is 1.16. The van der Waals surface area contributed by atoms with Crippen LogP contribution in [0.4, 0.5) is 0 Å². The number of methoxy groups -OCH3 is 1. The van der Waals surface area contributed by atoms with Crippen LogP contribution in [0.5, 0.6) is 0 Å². The highest BCUT2D eigenvalue weighted by molar-refractivity contribution is 5.85. The smallest absolute Gasteiger partial charge is 0.331 e. The first kappa shape index (κ1) is 117. The standard InChI is InChI=1S/C18H34O6.C18H34O5.2C13H25NO5.C10H20O3.C8H17NO4/c1-3-4-6-9-21-11-13-23-14-12-22-10-7-5-8-18(20)16-24-15-17(2)19;1-3-4-6-11-21-13-15-23-16-14-22-12-7-5-8-18(20)10-9-17(2)19;2*1-3-4-6-17-8-9-18-7-5-14-13(16)11-19-10-12(2)15;1-3-4-6-12-8-9-13-7-5-10(2)11;1-9-3-4-12-5-6-13-7-8(10)11-2/h3-16H2,1-2H3;3-16H2,1-2H3;2*3-11H2,1-2H3,(H,14,16);3-9H2,1-2H3;9H,3-7H2,1-2H3. The van der Waals surface area contributed by atoms with Crippen molar-refractivity contribution < 1.29 is 133 Å². The van der Waals surface area contributed by atoms with Crippen LogP contribution in [0.3, 0.4) is 0 Å². The molecule has 0 rings (SSSR count). The summed E-state index contributed by atoms with van der Waals surface area (Å²) < 4.78 is 93.3. The second-order valence-electron chi connectivity index (χ2n) is 25.1. The van der Waals surface area contributed by atoms with Crippen molar-refractivity contribution in [2.75, 3.05) is 258 Å². The van der Waals surface area contributed by atoms with E-state index in [4.69, 9.17) is 80.5 Å². The Morgan fingerprint density at radius 2 is 0.505 bits per heavy atom. The number of nitrogens with one attached hydrogen (secondary N) is 3. The van der Waals surface area contributed by atoms with Gasteiger partial charge in [-0.2, -0.15) is 0 Å². The second kappa shape index (κ2) is 105. The van der Waals surface area contributed by atoms with Crippen molar-refractivity contribution in [3.05, 3.63) is 0 Å². The molecule has 0 atom stereocenters. The molecule has 0 unspecified atom stereocenters. The van der Waals surface area contributed by atoms with Gasteiger partial charge >= 0.3 is 5.97 Å². The summed E-state index contributed by atoms with van der Waals surface area (Å²) in [6.07, 6.45) is 19.3. The highest BCUT2D eigenvalue weighted by atomic mass is 16.6. The minimum atomic E-state index is -0.366. The molecular formula is C80H155N3O28. The second-order valence-corrected chi connectivity index (χ2v) is 25.1. The normalized spacial score (nSPS) is 10.6. The average molecular weight is 1610 g/mol. The van der Waals surface area contributed by atoms with E-state index in [1.165, 1.54) is 60.5 Å². The molecule has 0 aliphatic heterocycles. The molecule has 0 spiro atoms. The van der Waals surface area contributed by atoms with Crippen molar-refractivity contribution in [3.8, 4) is 0 Å². The summed E-state index contributed by atoms with van der Waals surface area (Å²) in [6.45, 7) is 35.9. The maximum atomic E-state index is 11.4. The van der Waals surface area contributed by atoms with Crippen LogP contribution in [0.15, 0.2) is 0 Å². The van der Waals surface area contributed by atoms with Gasteiger partial charge < -0.3 is 106 Å². The van der Waals surface area contributed by atoms with E-state index in [1.807, 2.05) is 7.05 Å². The van der Waals surface area contributed by atoms with E-state index in [1.54, 1.807) is 6.92 Å². The number of ketones is 7. The largest absolute Gasteiger partial charge is 0.467 e. The van der Waals surface area contributed by atoms with Crippen molar-refractivity contribution in [3.63, 3.8) is 0 Å². The molecule has 0 radical (unpaired) electrons. The van der Waals surface area contributed by atoms with Crippen LogP contribution in [0.2, 0.25) is 0 Å². The van der Waals surface area contributed by atoms with Gasteiger partial charge in [0.15, 0.2) is 23.1 Å². The topological polar surface area (TPSA) is 373 Å². The predicted octanol–water partition coefficient (Wildman–Crippen LogP) is 8.20. The molecule has 0 aromatic rings. The van der Waals surface area contributed by atoms with Crippen LogP contribution in [0.1, 0.15) is 204 Å². The molecule has 0 aromatic heterocycles. The summed E-state index contributed by atoms with van der Waals surface area (Å²) in [6, 6.07) is 0. The Kier molecular flexibility index (Phi) is 111. The number of unbranched alkanes of at least 4 members (excludes halogenated alkanes) is 9. The molecule has 0 saturated carbocycles. The lowest BCUT2D eigenvalue weighted by Crippen LogP contribution is -2.31. The lowest BCUT2D eigenvalue weighted by atomic mass is 10.1. The van der Waals surface area contributed by atoms with E-state index in [0.29, 0.717) is 191 Å². The number of rotatable bonds is 80. The molecule has 0 aromatic carbocycles. The fourth-order valence-corrected chi connectivity index (χ4v) is 7.60. The zero-order chi connectivity index (χ0) is 83.6. The fourth-order valence-electron chi connectivity index (χ4n) is 7.60. The number of ether oxygens (including phenoxy) is 18. The Morgan fingerprint density at radius 3 is 0.820 bits per heavy atom. The first-order valence-corrected chi connectivity index (χ1v) is 40.3. The summed E-state index contributed by atoms with van der Waals surface area (Å²) in [4.78, 5) is 109. The van der Waals surface area contributed by atoms with Crippen LogP contribution < -0.4 is 16.0 Å². The minimum absolute atomic E-state index is 0.00805. The van der Waals surface area contributed by atoms with E-state index >= 15 is 0 Å². The molecule has 658 valence electrons. The molecule has 0 aliphatic carbocycles. The number of likely N-dealkylation sites (N-methyl/N-ethyl adjacent to an activating group) is 1. The molecular weight excluding hydrogens is 1450 g/mol. The Morgan fingerprint density at radius 1 is 0.225 bits per heavy atom. The molecule has 31 heteroatoms. The van der Waals surface area contributed by atoms with Gasteiger partial charge in [-0.1, -0.05) is 79.6 Å². The third-order valence-corrected chi connectivity index (χ3v) is 13.8. The predicted molar refractivity (Wildman–Crippen MR) is 425 cm³/mol. The summed E-state index contributed by atoms with van der Waals surface area (Å²) in [5, 5.41) is 8.20. The van der Waals surface area contributed by atoms with E-state index in [9.17, 15) is 47.9 Å². The lowest BCUT2D eigenvalue weighted by Gasteiger charge is -2.07. The number of esters is 1. The number of Topliss-reactive ketones (excluding diaryl/α,β-unsaturated/α-hetero) is 7. The first-order chi connectivity index (χ1) is 53.7. The van der Waals surface area contributed by atoms with Crippen LogP contribution in [0, 0.1) is 0 Å². The zero-order valence-corrected chi connectivity index (χ0v) is 70.9. The highest BCUT2D eigenvalue weighted by Gasteiger charge is 2.08. The Labute approximate surface area is 667 Å². The molecule has 0 saturated heterocycles. The lowest BCUT2D eigenvalue weighted by molar-refractivity contribution is -0.146. The van der Waals surface area contributed by atoms with Gasteiger partial charge in [0.1, 0.15) is 63.6 Å². The van der Waals surface area contributed by atoms with Crippen molar-refractivity contribution in [2.45, 2.75) is 204 Å². The summed E-state index contributed by atoms with van der Waals surface area (Å²) in [7, 11) is 3.19. The van der Waals surface area contributed by atoms with Gasteiger partial charge in [-0.15, -0.1) is 0 Å². The van der Waals surface area contributed by atoms with Gasteiger partial charge in [-0.25, -0.2) is 4.79 Å². The Bertz CT molecular complexity index is 2000. The van der Waals surface area contributed by atoms with Crippen molar-refractivity contribution in [2.24, 2.45) is 0 Å². The third kappa shape index (κ3) is 129. The molecule has 0 fully saturated rings. The zero-order valence-electron chi connectivity index (χ0n) is 70.9. The van der Waals surface area contributed by atoms with E-state index < -0.39 is 0 Å². The van der Waals surface area contributed by atoms with Gasteiger partial charge in [-0.05, 0) is 99.5 Å². The van der Waals surface area contributed by atoms with E-state index in [0.717, 1.165) is 117 Å². The quantitative estimate of drug-likeness (QED) is 0.0381. The minimum Gasteiger partial charge on any atom is -0.467 e. The van der Waals surface area contributed by atoms with Crippen LogP contribution in [-0.2, 0) is 133 Å². The number of amides is 2. The molecule has 31 nitrogen and oxygen atoms in total. The summed E-state index contributed by atoms with van der Waals surface area (Å²) in [5.74, 6) is -0.677. The molecule has 3 N–H and O–H groups in total. The van der Waals surface area contributed by atoms with Gasteiger partial charge in [0.25, 0.3) is 0 Å². The van der Waals surface area contributed by atoms with Gasteiger partial charge in [0.05, 0.1) is 139 Å². The fraction of sp³-hybridized carbons (Fsp3) is 0.875. The number of carbonyl (C=O) groups is 10. The van der Waals surface area contributed by atoms with Gasteiger partial charge in [0.2, 0.25) is 11.8 Å². The number of carbonyl (C=O) groups excluding carboxylic acids is 10.